The number of aromatic nitrogens is 1. The number of amides is 1. The minimum atomic E-state index is -0.0361. The quantitative estimate of drug-likeness (QED) is 0.824. The zero-order valence-electron chi connectivity index (χ0n) is 17.6. The van der Waals surface area contributed by atoms with Gasteiger partial charge in [0, 0.05) is 31.5 Å². The highest BCUT2D eigenvalue weighted by molar-refractivity contribution is 5.76. The average molecular weight is 384 g/mol. The van der Waals surface area contributed by atoms with Crippen LogP contribution in [-0.2, 0) is 23.2 Å². The molecule has 0 aliphatic carbocycles. The van der Waals surface area contributed by atoms with Crippen molar-refractivity contribution >= 4 is 5.91 Å². The van der Waals surface area contributed by atoms with Gasteiger partial charge in [-0.15, -0.1) is 0 Å². The first kappa shape index (κ1) is 20.6. The second-order valence-electron chi connectivity index (χ2n) is 9.09. The van der Waals surface area contributed by atoms with Crippen molar-refractivity contribution in [2.45, 2.75) is 52.0 Å². The summed E-state index contributed by atoms with van der Waals surface area (Å²) in [6.07, 6.45) is 2.48. The summed E-state index contributed by atoms with van der Waals surface area (Å²) in [7, 11) is 1.90. The van der Waals surface area contributed by atoms with Gasteiger partial charge in [0.1, 0.15) is 5.76 Å². The highest BCUT2D eigenvalue weighted by Gasteiger charge is 2.29. The SMILES string of the molecule is CN(Cc1ccccc1)C(=O)C[C@@H]1CCNC[C@@H]1Cc1cc(C(C)(C)C)on1. The van der Waals surface area contributed by atoms with Crippen molar-refractivity contribution in [3.8, 4) is 0 Å². The molecule has 0 radical (unpaired) electrons. The molecule has 28 heavy (non-hydrogen) atoms. The number of carbonyl (C=O) groups is 1. The monoisotopic (exact) mass is 383 g/mol. The number of carbonyl (C=O) groups excluding carboxylic acids is 1. The average Bonchev–Trinajstić information content (AvgIpc) is 3.13. The molecule has 5 heteroatoms. The number of benzene rings is 1. The van der Waals surface area contributed by atoms with Crippen molar-refractivity contribution in [2.24, 2.45) is 11.8 Å². The molecule has 2 atom stereocenters. The maximum atomic E-state index is 12.8. The van der Waals surface area contributed by atoms with Crippen molar-refractivity contribution in [2.75, 3.05) is 20.1 Å². The van der Waals surface area contributed by atoms with Gasteiger partial charge in [0.05, 0.1) is 5.69 Å². The summed E-state index contributed by atoms with van der Waals surface area (Å²) in [6.45, 7) is 8.95. The van der Waals surface area contributed by atoms with E-state index >= 15 is 0 Å². The fraction of sp³-hybridized carbons (Fsp3) is 0.565. The van der Waals surface area contributed by atoms with Crippen LogP contribution in [0.5, 0.6) is 0 Å². The van der Waals surface area contributed by atoms with Crippen LogP contribution in [0.3, 0.4) is 0 Å². The van der Waals surface area contributed by atoms with Gasteiger partial charge in [0.15, 0.2) is 0 Å². The third kappa shape index (κ3) is 5.44. The van der Waals surface area contributed by atoms with Crippen LogP contribution in [0.4, 0.5) is 0 Å². The number of piperidine rings is 1. The van der Waals surface area contributed by atoms with Crippen molar-refractivity contribution in [1.29, 1.82) is 0 Å². The van der Waals surface area contributed by atoms with E-state index in [2.05, 4.69) is 49.4 Å². The number of nitrogens with one attached hydrogen (secondary N) is 1. The van der Waals surface area contributed by atoms with E-state index < -0.39 is 0 Å². The molecule has 152 valence electrons. The highest BCUT2D eigenvalue weighted by Crippen LogP contribution is 2.29. The van der Waals surface area contributed by atoms with E-state index in [1.807, 2.05) is 30.1 Å². The van der Waals surface area contributed by atoms with Crippen LogP contribution in [0, 0.1) is 11.8 Å². The second-order valence-corrected chi connectivity index (χ2v) is 9.09. The van der Waals surface area contributed by atoms with Crippen molar-refractivity contribution < 1.29 is 9.32 Å². The van der Waals surface area contributed by atoms with E-state index in [9.17, 15) is 4.79 Å². The Morgan fingerprint density at radius 2 is 2.00 bits per heavy atom. The molecule has 1 amide bonds. The smallest absolute Gasteiger partial charge is 0.222 e. The Morgan fingerprint density at radius 1 is 1.25 bits per heavy atom. The molecular weight excluding hydrogens is 350 g/mol. The maximum Gasteiger partial charge on any atom is 0.222 e. The van der Waals surface area contributed by atoms with Crippen molar-refractivity contribution in [1.82, 2.24) is 15.4 Å². The molecule has 5 nitrogen and oxygen atoms in total. The Hall–Kier alpha value is -2.14. The Bertz CT molecular complexity index is 764. The summed E-state index contributed by atoms with van der Waals surface area (Å²) in [4.78, 5) is 14.7. The molecule has 1 aromatic carbocycles. The van der Waals surface area contributed by atoms with Gasteiger partial charge >= 0.3 is 0 Å². The first-order chi connectivity index (χ1) is 13.3. The van der Waals surface area contributed by atoms with Gasteiger partial charge < -0.3 is 14.7 Å². The van der Waals surface area contributed by atoms with E-state index in [0.29, 0.717) is 24.8 Å². The van der Waals surface area contributed by atoms with Crippen LogP contribution < -0.4 is 5.32 Å². The predicted octanol–water partition coefficient (Wildman–Crippen LogP) is 3.79. The van der Waals surface area contributed by atoms with Gasteiger partial charge in [-0.3, -0.25) is 4.79 Å². The molecule has 0 bridgehead atoms. The Kier molecular flexibility index (Phi) is 6.55. The molecule has 0 unspecified atom stereocenters. The molecule has 1 N–H and O–H groups in total. The van der Waals surface area contributed by atoms with E-state index in [1.165, 1.54) is 0 Å². The standard InChI is InChI=1S/C23H33N3O2/c1-23(2,3)21-14-20(25-28-21)12-19-15-24-11-10-18(19)13-22(27)26(4)16-17-8-6-5-7-9-17/h5-9,14,18-19,24H,10-13,15-16H2,1-4H3/t18-,19-/m0/s1. The first-order valence-corrected chi connectivity index (χ1v) is 10.3. The van der Waals surface area contributed by atoms with E-state index in [4.69, 9.17) is 4.52 Å². The predicted molar refractivity (Wildman–Crippen MR) is 111 cm³/mol. The summed E-state index contributed by atoms with van der Waals surface area (Å²) >= 11 is 0. The molecule has 1 aliphatic heterocycles. The van der Waals surface area contributed by atoms with Gasteiger partial charge in [-0.1, -0.05) is 56.3 Å². The van der Waals surface area contributed by atoms with Crippen LogP contribution in [-0.4, -0.2) is 36.1 Å². The van der Waals surface area contributed by atoms with Gasteiger partial charge in [-0.25, -0.2) is 0 Å². The lowest BCUT2D eigenvalue weighted by Crippen LogP contribution is -2.40. The second kappa shape index (κ2) is 8.91. The van der Waals surface area contributed by atoms with Crippen LogP contribution in [0.2, 0.25) is 0 Å². The largest absolute Gasteiger partial charge is 0.361 e. The van der Waals surface area contributed by atoms with E-state index in [0.717, 1.165) is 42.9 Å². The normalized spacial score (nSPS) is 20.1. The Morgan fingerprint density at radius 3 is 2.68 bits per heavy atom. The summed E-state index contributed by atoms with van der Waals surface area (Å²) in [5, 5.41) is 7.76. The molecule has 1 fully saturated rings. The summed E-state index contributed by atoms with van der Waals surface area (Å²) < 4.78 is 5.55. The molecule has 1 aliphatic rings. The summed E-state index contributed by atoms with van der Waals surface area (Å²) in [5.41, 5.74) is 2.12. The number of rotatable bonds is 6. The van der Waals surface area contributed by atoms with Crippen LogP contribution in [0.25, 0.3) is 0 Å². The minimum absolute atomic E-state index is 0.0361. The van der Waals surface area contributed by atoms with Crippen LogP contribution >= 0.6 is 0 Å². The molecule has 3 rings (SSSR count). The zero-order chi connectivity index (χ0) is 20.1. The van der Waals surface area contributed by atoms with E-state index in [1.54, 1.807) is 0 Å². The van der Waals surface area contributed by atoms with Gasteiger partial charge in [0.25, 0.3) is 0 Å². The summed E-state index contributed by atoms with van der Waals surface area (Å²) in [5.74, 6) is 1.92. The topological polar surface area (TPSA) is 58.4 Å². The van der Waals surface area contributed by atoms with Gasteiger partial charge in [-0.2, -0.15) is 0 Å². The Balaban J connectivity index is 1.59. The third-order valence-electron chi connectivity index (χ3n) is 5.66. The van der Waals surface area contributed by atoms with Crippen molar-refractivity contribution in [3.63, 3.8) is 0 Å². The highest BCUT2D eigenvalue weighted by atomic mass is 16.5. The fourth-order valence-electron chi connectivity index (χ4n) is 3.84. The molecule has 2 heterocycles. The lowest BCUT2D eigenvalue weighted by atomic mass is 9.80. The molecule has 1 saturated heterocycles. The lowest BCUT2D eigenvalue weighted by molar-refractivity contribution is -0.132. The van der Waals surface area contributed by atoms with Crippen molar-refractivity contribution in [3.05, 3.63) is 53.4 Å². The number of nitrogens with zero attached hydrogens (tertiary/aromatic N) is 2. The van der Waals surface area contributed by atoms with E-state index in [-0.39, 0.29) is 11.3 Å². The molecule has 1 aromatic heterocycles. The number of hydrogen-bond donors (Lipinski definition) is 1. The third-order valence-corrected chi connectivity index (χ3v) is 5.66. The lowest BCUT2D eigenvalue weighted by Gasteiger charge is -2.32. The molecule has 0 spiro atoms. The minimum Gasteiger partial charge on any atom is -0.361 e. The van der Waals surface area contributed by atoms with Gasteiger partial charge in [0.2, 0.25) is 5.91 Å². The first-order valence-electron chi connectivity index (χ1n) is 10.3. The van der Waals surface area contributed by atoms with Gasteiger partial charge in [-0.05, 0) is 43.3 Å². The van der Waals surface area contributed by atoms with Crippen LogP contribution in [0.15, 0.2) is 40.9 Å². The maximum absolute atomic E-state index is 12.8. The Labute approximate surface area is 168 Å². The van der Waals surface area contributed by atoms with Crippen LogP contribution in [0.1, 0.15) is 50.6 Å². The zero-order valence-corrected chi connectivity index (χ0v) is 17.6. The molecule has 2 aromatic rings. The fourth-order valence-corrected chi connectivity index (χ4v) is 3.84. The molecule has 0 saturated carbocycles. The summed E-state index contributed by atoms with van der Waals surface area (Å²) in [6, 6.07) is 12.2. The number of hydrogen-bond acceptors (Lipinski definition) is 4. The molecular formula is C23H33N3O2.